The van der Waals surface area contributed by atoms with Gasteiger partial charge in [-0.3, -0.25) is 9.69 Å². The van der Waals surface area contributed by atoms with E-state index >= 15 is 0 Å². The molecule has 1 amide bonds. The maximum atomic E-state index is 13.0. The molecule has 1 atom stereocenters. The smallest absolute Gasteiger partial charge is 0.241 e. The molecule has 7 heteroatoms. The minimum absolute atomic E-state index is 0.00465. The van der Waals surface area contributed by atoms with Gasteiger partial charge in [0.2, 0.25) is 5.91 Å². The summed E-state index contributed by atoms with van der Waals surface area (Å²) in [7, 11) is -1.29. The number of nitrogens with zero attached hydrogens (tertiary/aromatic N) is 2. The second-order valence-electron chi connectivity index (χ2n) is 6.95. The summed E-state index contributed by atoms with van der Waals surface area (Å²) in [6, 6.07) is 15.0. The van der Waals surface area contributed by atoms with E-state index in [0.717, 1.165) is 5.56 Å². The van der Waals surface area contributed by atoms with Crippen LogP contribution in [-0.2, 0) is 21.2 Å². The number of carbonyl (C=O) groups is 1. The molecule has 0 N–H and O–H groups in total. The van der Waals surface area contributed by atoms with Crippen molar-refractivity contribution < 1.29 is 17.6 Å². The van der Waals surface area contributed by atoms with Crippen LogP contribution in [0, 0.1) is 5.82 Å². The first-order chi connectivity index (χ1) is 12.8. The van der Waals surface area contributed by atoms with Crippen molar-refractivity contribution in [1.82, 2.24) is 4.90 Å². The van der Waals surface area contributed by atoms with E-state index in [2.05, 4.69) is 0 Å². The fourth-order valence-electron chi connectivity index (χ4n) is 3.39. The molecular formula is C20H23FN2O3S. The van der Waals surface area contributed by atoms with Gasteiger partial charge in [0.25, 0.3) is 0 Å². The summed E-state index contributed by atoms with van der Waals surface area (Å²) in [4.78, 5) is 16.5. The van der Waals surface area contributed by atoms with Crippen LogP contribution in [-0.4, -0.2) is 50.4 Å². The van der Waals surface area contributed by atoms with Crippen molar-refractivity contribution in [2.75, 3.05) is 30.0 Å². The highest BCUT2D eigenvalue weighted by molar-refractivity contribution is 7.91. The van der Waals surface area contributed by atoms with Crippen molar-refractivity contribution in [1.29, 1.82) is 0 Å². The van der Waals surface area contributed by atoms with Gasteiger partial charge in [-0.05, 0) is 43.3 Å². The van der Waals surface area contributed by atoms with Crippen LogP contribution < -0.4 is 4.90 Å². The molecule has 1 aliphatic heterocycles. The molecule has 1 fully saturated rings. The molecule has 1 saturated heterocycles. The number of hydrogen-bond donors (Lipinski definition) is 0. The van der Waals surface area contributed by atoms with E-state index in [9.17, 15) is 17.6 Å². The van der Waals surface area contributed by atoms with E-state index in [0.29, 0.717) is 18.7 Å². The highest BCUT2D eigenvalue weighted by Crippen LogP contribution is 2.24. The van der Waals surface area contributed by atoms with Crippen LogP contribution in [0.2, 0.25) is 0 Å². The third-order valence-electron chi connectivity index (χ3n) is 4.65. The molecule has 0 spiro atoms. The Hall–Kier alpha value is -2.25. The predicted octanol–water partition coefficient (Wildman–Crippen LogP) is 2.48. The first kappa shape index (κ1) is 19.5. The number of amides is 1. The highest BCUT2D eigenvalue weighted by Gasteiger charge is 2.35. The summed E-state index contributed by atoms with van der Waals surface area (Å²) in [5.41, 5.74) is 1.61. The molecule has 5 nitrogen and oxygen atoms in total. The van der Waals surface area contributed by atoms with E-state index in [1.54, 1.807) is 17.0 Å². The number of halogens is 1. The first-order valence-corrected chi connectivity index (χ1v) is 10.7. The number of likely N-dealkylation sites (N-methyl/N-ethyl adjacent to an activating group) is 1. The topological polar surface area (TPSA) is 57.7 Å². The summed E-state index contributed by atoms with van der Waals surface area (Å²) in [5, 5.41) is 0. The Morgan fingerprint density at radius 1 is 1.11 bits per heavy atom. The van der Waals surface area contributed by atoms with Crippen LogP contribution in [0.3, 0.4) is 0 Å². The molecule has 0 aromatic heterocycles. The average Bonchev–Trinajstić information content (AvgIpc) is 2.97. The molecular weight excluding hydrogens is 367 g/mol. The van der Waals surface area contributed by atoms with Gasteiger partial charge in [0.15, 0.2) is 9.84 Å². The Labute approximate surface area is 159 Å². The minimum Gasteiger partial charge on any atom is -0.307 e. The Morgan fingerprint density at radius 3 is 2.37 bits per heavy atom. The highest BCUT2D eigenvalue weighted by atomic mass is 32.2. The number of benzene rings is 2. The predicted molar refractivity (Wildman–Crippen MR) is 104 cm³/mol. The zero-order chi connectivity index (χ0) is 19.4. The van der Waals surface area contributed by atoms with Crippen molar-refractivity contribution >= 4 is 21.4 Å². The Kier molecular flexibility index (Phi) is 5.92. The first-order valence-electron chi connectivity index (χ1n) is 8.84. The molecule has 1 aliphatic rings. The van der Waals surface area contributed by atoms with Gasteiger partial charge < -0.3 is 4.90 Å². The molecule has 2 aromatic carbocycles. The minimum atomic E-state index is -3.11. The number of anilines is 1. The molecule has 0 radical (unpaired) electrons. The van der Waals surface area contributed by atoms with Crippen molar-refractivity contribution in [3.63, 3.8) is 0 Å². The van der Waals surface area contributed by atoms with Crippen LogP contribution in [0.4, 0.5) is 10.1 Å². The van der Waals surface area contributed by atoms with Gasteiger partial charge in [-0.15, -0.1) is 0 Å². The van der Waals surface area contributed by atoms with E-state index in [4.69, 9.17) is 0 Å². The van der Waals surface area contributed by atoms with Gasteiger partial charge in [0, 0.05) is 12.2 Å². The van der Waals surface area contributed by atoms with E-state index < -0.39 is 9.84 Å². The van der Waals surface area contributed by atoms with Crippen molar-refractivity contribution in [3.8, 4) is 0 Å². The standard InChI is InChI=1S/C20H23FN2O3S/c1-22(13-16-7-9-17(21)10-8-16)14-20(24)23(18-5-3-2-4-6-18)19-11-12-27(25,26)15-19/h2-10,19H,11-15H2,1H3/t19-/m0/s1. The SMILES string of the molecule is CN(CC(=O)N(c1ccccc1)[C@H]1CCS(=O)(=O)C1)Cc1ccc(F)cc1. The van der Waals surface area contributed by atoms with Gasteiger partial charge in [-0.1, -0.05) is 30.3 Å². The lowest BCUT2D eigenvalue weighted by atomic mass is 10.1. The van der Waals surface area contributed by atoms with Crippen LogP contribution in [0.1, 0.15) is 12.0 Å². The van der Waals surface area contributed by atoms with Gasteiger partial charge >= 0.3 is 0 Å². The van der Waals surface area contributed by atoms with Gasteiger partial charge in [-0.2, -0.15) is 0 Å². The molecule has 27 heavy (non-hydrogen) atoms. The van der Waals surface area contributed by atoms with Crippen LogP contribution in [0.5, 0.6) is 0 Å². The molecule has 3 rings (SSSR count). The normalized spacial score (nSPS) is 18.6. The summed E-state index contributed by atoms with van der Waals surface area (Å²) in [5.74, 6) is -0.335. The molecule has 144 valence electrons. The fraction of sp³-hybridized carbons (Fsp3) is 0.350. The molecule has 1 heterocycles. The van der Waals surface area contributed by atoms with Gasteiger partial charge in [0.1, 0.15) is 5.82 Å². The van der Waals surface area contributed by atoms with Crippen molar-refractivity contribution in [2.24, 2.45) is 0 Å². The van der Waals surface area contributed by atoms with Crippen molar-refractivity contribution in [2.45, 2.75) is 19.0 Å². The summed E-state index contributed by atoms with van der Waals surface area (Å²) < 4.78 is 36.9. The maximum Gasteiger partial charge on any atom is 0.241 e. The fourth-order valence-corrected chi connectivity index (χ4v) is 5.09. The van der Waals surface area contributed by atoms with Crippen LogP contribution in [0.25, 0.3) is 0 Å². The lowest BCUT2D eigenvalue weighted by Gasteiger charge is -2.30. The molecule has 0 unspecified atom stereocenters. The lowest BCUT2D eigenvalue weighted by Crippen LogP contribution is -2.45. The summed E-state index contributed by atoms with van der Waals surface area (Å²) >= 11 is 0. The molecule has 0 bridgehead atoms. The third kappa shape index (κ3) is 5.14. The quantitative estimate of drug-likeness (QED) is 0.760. The van der Waals surface area contributed by atoms with E-state index in [-0.39, 0.29) is 35.8 Å². The zero-order valence-electron chi connectivity index (χ0n) is 15.2. The number of carbonyl (C=O) groups excluding carboxylic acids is 1. The lowest BCUT2D eigenvalue weighted by molar-refractivity contribution is -0.120. The van der Waals surface area contributed by atoms with Crippen LogP contribution in [0.15, 0.2) is 54.6 Å². The van der Waals surface area contributed by atoms with Gasteiger partial charge in [0.05, 0.1) is 24.1 Å². The molecule has 2 aromatic rings. The Morgan fingerprint density at radius 2 is 1.78 bits per heavy atom. The number of sulfone groups is 1. The second kappa shape index (κ2) is 8.19. The number of hydrogen-bond acceptors (Lipinski definition) is 4. The number of rotatable bonds is 6. The van der Waals surface area contributed by atoms with E-state index in [1.165, 1.54) is 12.1 Å². The van der Waals surface area contributed by atoms with E-state index in [1.807, 2.05) is 42.3 Å². The molecule has 0 aliphatic carbocycles. The largest absolute Gasteiger partial charge is 0.307 e. The average molecular weight is 390 g/mol. The van der Waals surface area contributed by atoms with Crippen molar-refractivity contribution in [3.05, 3.63) is 66.0 Å². The summed E-state index contributed by atoms with van der Waals surface area (Å²) in [6.45, 7) is 0.639. The molecule has 0 saturated carbocycles. The monoisotopic (exact) mass is 390 g/mol. The number of para-hydroxylation sites is 1. The van der Waals surface area contributed by atoms with Crippen LogP contribution >= 0.6 is 0 Å². The Balaban J connectivity index is 1.73. The van der Waals surface area contributed by atoms with Gasteiger partial charge in [-0.25, -0.2) is 12.8 Å². The third-order valence-corrected chi connectivity index (χ3v) is 6.40. The maximum absolute atomic E-state index is 13.0. The summed E-state index contributed by atoms with van der Waals surface area (Å²) in [6.07, 6.45) is 0.449. The zero-order valence-corrected chi connectivity index (χ0v) is 16.0. The Bertz CT molecular complexity index is 885. The second-order valence-corrected chi connectivity index (χ2v) is 9.18.